The number of rotatable bonds is 6. The molecule has 0 unspecified atom stereocenters. The first-order chi connectivity index (χ1) is 12.2. The monoisotopic (exact) mass is 376 g/mol. The van der Waals surface area contributed by atoms with Crippen molar-refractivity contribution in [1.82, 2.24) is 0 Å². The molecule has 0 bridgehead atoms. The number of benzene rings is 2. The number of nitrogens with zero attached hydrogens (tertiary/aromatic N) is 1. The van der Waals surface area contributed by atoms with Crippen LogP contribution < -0.4 is 9.62 Å². The predicted molar refractivity (Wildman–Crippen MR) is 98.5 cm³/mol. The van der Waals surface area contributed by atoms with E-state index in [1.165, 1.54) is 38.3 Å². The highest BCUT2D eigenvalue weighted by Crippen LogP contribution is 2.25. The highest BCUT2D eigenvalue weighted by molar-refractivity contribution is 7.92. The maximum atomic E-state index is 13.1. The van der Waals surface area contributed by atoms with Gasteiger partial charge in [-0.25, -0.2) is 8.42 Å². The largest absolute Gasteiger partial charge is 0.468 e. The van der Waals surface area contributed by atoms with Crippen LogP contribution in [0.3, 0.4) is 0 Å². The highest BCUT2D eigenvalue weighted by atomic mass is 32.2. The first-order valence-electron chi connectivity index (χ1n) is 7.78. The molecule has 0 radical (unpaired) electrons. The molecule has 0 aliphatic heterocycles. The van der Waals surface area contributed by atoms with Gasteiger partial charge in [-0.3, -0.25) is 13.9 Å². The lowest BCUT2D eigenvalue weighted by atomic mass is 10.2. The Bertz CT molecular complexity index is 907. The minimum absolute atomic E-state index is 0.00277. The molecule has 0 aromatic heterocycles. The van der Waals surface area contributed by atoms with E-state index in [1.807, 2.05) is 13.0 Å². The predicted octanol–water partition coefficient (Wildman–Crippen LogP) is 2.32. The summed E-state index contributed by atoms with van der Waals surface area (Å²) in [5.41, 5.74) is 1.70. The van der Waals surface area contributed by atoms with Gasteiger partial charge in [0.25, 0.3) is 10.0 Å². The Morgan fingerprint density at radius 3 is 2.31 bits per heavy atom. The Hall–Kier alpha value is -2.87. The van der Waals surface area contributed by atoms with E-state index in [0.717, 1.165) is 9.87 Å². The molecule has 0 aliphatic carbocycles. The van der Waals surface area contributed by atoms with Crippen LogP contribution in [0.25, 0.3) is 0 Å². The third kappa shape index (κ3) is 4.60. The Labute approximate surface area is 152 Å². The fraction of sp³-hybridized carbons (Fsp3) is 0.222. The Balaban J connectivity index is 2.44. The second-order valence-electron chi connectivity index (χ2n) is 5.63. The van der Waals surface area contributed by atoms with Crippen LogP contribution in [-0.4, -0.2) is 33.9 Å². The van der Waals surface area contributed by atoms with Gasteiger partial charge in [0.2, 0.25) is 5.91 Å². The molecule has 0 fully saturated rings. The quantitative estimate of drug-likeness (QED) is 0.781. The van der Waals surface area contributed by atoms with Gasteiger partial charge in [0.05, 0.1) is 17.7 Å². The van der Waals surface area contributed by atoms with E-state index in [9.17, 15) is 18.0 Å². The molecular weight excluding hydrogens is 356 g/mol. The maximum absolute atomic E-state index is 13.1. The topological polar surface area (TPSA) is 92.8 Å². The zero-order valence-electron chi connectivity index (χ0n) is 14.7. The number of carbonyl (C=O) groups excluding carboxylic acids is 2. The number of hydrogen-bond donors (Lipinski definition) is 1. The summed E-state index contributed by atoms with van der Waals surface area (Å²) in [6.45, 7) is 2.74. The van der Waals surface area contributed by atoms with Crippen LogP contribution in [0.5, 0.6) is 0 Å². The lowest BCUT2D eigenvalue weighted by molar-refractivity contribution is -0.138. The summed E-state index contributed by atoms with van der Waals surface area (Å²) in [5.74, 6) is -0.933. The molecule has 7 nitrogen and oxygen atoms in total. The van der Waals surface area contributed by atoms with Crippen molar-refractivity contribution in [2.75, 3.05) is 23.3 Å². The van der Waals surface area contributed by atoms with Crippen LogP contribution in [0.2, 0.25) is 0 Å². The molecule has 0 spiro atoms. The zero-order chi connectivity index (χ0) is 19.3. The molecule has 0 aliphatic rings. The lowest BCUT2D eigenvalue weighted by Crippen LogP contribution is -2.36. The number of sulfonamides is 1. The maximum Gasteiger partial charge on any atom is 0.326 e. The summed E-state index contributed by atoms with van der Waals surface area (Å²) in [6.07, 6.45) is 0. The van der Waals surface area contributed by atoms with Gasteiger partial charge in [0, 0.05) is 12.6 Å². The van der Waals surface area contributed by atoms with Crippen LogP contribution in [0, 0.1) is 6.92 Å². The normalized spacial score (nSPS) is 10.9. The molecular formula is C18H20N2O5S. The molecule has 138 valence electrons. The average Bonchev–Trinajstić information content (AvgIpc) is 2.59. The van der Waals surface area contributed by atoms with Crippen LogP contribution in [-0.2, 0) is 24.3 Å². The number of anilines is 2. The number of methoxy groups -OCH3 is 1. The van der Waals surface area contributed by atoms with E-state index in [4.69, 9.17) is 0 Å². The molecule has 0 heterocycles. The van der Waals surface area contributed by atoms with Gasteiger partial charge >= 0.3 is 5.97 Å². The SMILES string of the molecule is COC(=O)CN(c1cccc(C)c1)S(=O)(=O)c1ccc(NC(C)=O)cc1. The van der Waals surface area contributed by atoms with Crippen molar-refractivity contribution in [3.63, 3.8) is 0 Å². The van der Waals surface area contributed by atoms with Crippen LogP contribution in [0.15, 0.2) is 53.4 Å². The molecule has 8 heteroatoms. The fourth-order valence-electron chi connectivity index (χ4n) is 2.32. The molecule has 2 aromatic rings. The van der Waals surface area contributed by atoms with Crippen LogP contribution in [0.4, 0.5) is 11.4 Å². The molecule has 0 saturated heterocycles. The van der Waals surface area contributed by atoms with Crippen LogP contribution >= 0.6 is 0 Å². The smallest absolute Gasteiger partial charge is 0.326 e. The van der Waals surface area contributed by atoms with E-state index in [0.29, 0.717) is 11.4 Å². The first-order valence-corrected chi connectivity index (χ1v) is 9.22. The van der Waals surface area contributed by atoms with Crippen molar-refractivity contribution in [2.45, 2.75) is 18.7 Å². The molecule has 2 aromatic carbocycles. The summed E-state index contributed by atoms with van der Waals surface area (Å²) in [4.78, 5) is 22.8. The summed E-state index contributed by atoms with van der Waals surface area (Å²) in [7, 11) is -2.80. The lowest BCUT2D eigenvalue weighted by Gasteiger charge is -2.23. The summed E-state index contributed by atoms with van der Waals surface area (Å²) < 4.78 is 31.8. The van der Waals surface area contributed by atoms with Gasteiger partial charge in [0.1, 0.15) is 6.54 Å². The van der Waals surface area contributed by atoms with E-state index in [-0.39, 0.29) is 10.8 Å². The molecule has 1 amide bonds. The third-order valence-corrected chi connectivity index (χ3v) is 5.34. The second kappa shape index (κ2) is 8.01. The third-order valence-electron chi connectivity index (χ3n) is 3.55. The van der Waals surface area contributed by atoms with Crippen molar-refractivity contribution in [2.24, 2.45) is 0 Å². The van der Waals surface area contributed by atoms with E-state index < -0.39 is 22.5 Å². The molecule has 2 rings (SSSR count). The van der Waals surface area contributed by atoms with E-state index in [1.54, 1.807) is 18.2 Å². The average molecular weight is 376 g/mol. The molecule has 26 heavy (non-hydrogen) atoms. The Morgan fingerprint density at radius 2 is 1.77 bits per heavy atom. The van der Waals surface area contributed by atoms with Gasteiger partial charge in [-0.2, -0.15) is 0 Å². The molecule has 0 saturated carbocycles. The fourth-order valence-corrected chi connectivity index (χ4v) is 3.72. The van der Waals surface area contributed by atoms with Crippen LogP contribution in [0.1, 0.15) is 12.5 Å². The highest BCUT2D eigenvalue weighted by Gasteiger charge is 2.27. The van der Waals surface area contributed by atoms with Crippen molar-refractivity contribution >= 4 is 33.3 Å². The van der Waals surface area contributed by atoms with Crippen molar-refractivity contribution in [1.29, 1.82) is 0 Å². The minimum atomic E-state index is -4.00. The van der Waals surface area contributed by atoms with E-state index >= 15 is 0 Å². The molecule has 0 atom stereocenters. The van der Waals surface area contributed by atoms with Crippen molar-refractivity contribution in [3.8, 4) is 0 Å². The summed E-state index contributed by atoms with van der Waals surface area (Å²) in [6, 6.07) is 12.5. The number of carbonyl (C=O) groups is 2. The summed E-state index contributed by atoms with van der Waals surface area (Å²) in [5, 5.41) is 2.57. The van der Waals surface area contributed by atoms with Gasteiger partial charge in [-0.1, -0.05) is 12.1 Å². The van der Waals surface area contributed by atoms with Crippen molar-refractivity contribution < 1.29 is 22.7 Å². The standard InChI is InChI=1S/C18H20N2O5S/c1-13-5-4-6-16(11-13)20(12-18(22)25-3)26(23,24)17-9-7-15(8-10-17)19-14(2)21/h4-11H,12H2,1-3H3,(H,19,21). The first kappa shape index (κ1) is 19.5. The number of ether oxygens (including phenoxy) is 1. The molecule has 1 N–H and O–H groups in total. The Kier molecular flexibility index (Phi) is 5.99. The van der Waals surface area contributed by atoms with Gasteiger partial charge in [0.15, 0.2) is 0 Å². The second-order valence-corrected chi connectivity index (χ2v) is 7.49. The van der Waals surface area contributed by atoms with Gasteiger partial charge in [-0.05, 0) is 48.9 Å². The Morgan fingerprint density at radius 1 is 1.12 bits per heavy atom. The number of hydrogen-bond acceptors (Lipinski definition) is 5. The number of aryl methyl sites for hydroxylation is 1. The number of nitrogens with one attached hydrogen (secondary N) is 1. The number of esters is 1. The minimum Gasteiger partial charge on any atom is -0.468 e. The van der Waals surface area contributed by atoms with Crippen molar-refractivity contribution in [3.05, 3.63) is 54.1 Å². The number of amides is 1. The van der Waals surface area contributed by atoms with Gasteiger partial charge < -0.3 is 10.1 Å². The summed E-state index contributed by atoms with van der Waals surface area (Å²) >= 11 is 0. The zero-order valence-corrected chi connectivity index (χ0v) is 15.5. The van der Waals surface area contributed by atoms with E-state index in [2.05, 4.69) is 10.1 Å². The van der Waals surface area contributed by atoms with Gasteiger partial charge in [-0.15, -0.1) is 0 Å².